The Bertz CT molecular complexity index is 1040. The van der Waals surface area contributed by atoms with Gasteiger partial charge in [-0.05, 0) is 69.7 Å². The highest BCUT2D eigenvalue weighted by Crippen LogP contribution is 2.35. The zero-order valence-corrected chi connectivity index (χ0v) is 19.0. The monoisotopic (exact) mass is 424 g/mol. The van der Waals surface area contributed by atoms with E-state index >= 15 is 0 Å². The minimum Gasteiger partial charge on any atom is -0.364 e. The molecule has 2 aromatic rings. The van der Waals surface area contributed by atoms with Crippen LogP contribution < -0.4 is 20.8 Å². The zero-order chi connectivity index (χ0) is 21.9. The van der Waals surface area contributed by atoms with Gasteiger partial charge in [0.25, 0.3) is 0 Å². The molecule has 3 rings (SSSR count). The first-order chi connectivity index (χ1) is 14.2. The maximum absolute atomic E-state index is 12.3. The van der Waals surface area contributed by atoms with E-state index in [-0.39, 0.29) is 12.1 Å². The minimum atomic E-state index is -2.28. The van der Waals surface area contributed by atoms with Gasteiger partial charge in [0, 0.05) is 35.0 Å². The Hall–Kier alpha value is -2.85. The first-order valence-electron chi connectivity index (χ1n) is 9.97. The van der Waals surface area contributed by atoms with E-state index < -0.39 is 7.14 Å². The molecule has 0 fully saturated rings. The van der Waals surface area contributed by atoms with Gasteiger partial charge in [-0.2, -0.15) is 0 Å². The van der Waals surface area contributed by atoms with Crippen LogP contribution in [0.5, 0.6) is 0 Å². The smallest absolute Gasteiger partial charge is 0.228 e. The standard InChI is InChI=1S/C23H29N4O2P/c1-6-8-22(27(3)17-11-13-18(14-12-17)30(4,5)29)25-16(2)24-20-9-7-10-21-19(20)15-23(28)26-21/h6-14,16,24H,15H2,1-5H3,(H,26,28)/b8-6-,25-22?. The summed E-state index contributed by atoms with van der Waals surface area (Å²) < 4.78 is 12.3. The van der Waals surface area contributed by atoms with Gasteiger partial charge in [-0.25, -0.2) is 4.99 Å². The number of nitrogens with one attached hydrogen (secondary N) is 2. The van der Waals surface area contributed by atoms with E-state index in [0.29, 0.717) is 6.42 Å². The number of benzene rings is 2. The van der Waals surface area contributed by atoms with Gasteiger partial charge in [0.2, 0.25) is 5.91 Å². The van der Waals surface area contributed by atoms with Crippen molar-refractivity contribution in [1.29, 1.82) is 0 Å². The highest BCUT2D eigenvalue weighted by atomic mass is 31.2. The van der Waals surface area contributed by atoms with Gasteiger partial charge < -0.3 is 20.1 Å². The molecule has 2 aromatic carbocycles. The van der Waals surface area contributed by atoms with E-state index in [1.54, 1.807) is 13.3 Å². The fourth-order valence-corrected chi connectivity index (χ4v) is 4.27. The van der Waals surface area contributed by atoms with Crippen LogP contribution in [0.3, 0.4) is 0 Å². The fraction of sp³-hybridized carbons (Fsp3) is 0.304. The van der Waals surface area contributed by atoms with E-state index in [0.717, 1.165) is 33.8 Å². The van der Waals surface area contributed by atoms with E-state index in [2.05, 4.69) is 10.6 Å². The SMILES string of the molecule is C/C=C\C(=NC(C)Nc1cccc2c1CC(=O)N2)N(C)c1ccc(P(C)(C)=O)cc1. The number of aliphatic imine (C=N–C) groups is 1. The van der Waals surface area contributed by atoms with Gasteiger partial charge >= 0.3 is 0 Å². The lowest BCUT2D eigenvalue weighted by Gasteiger charge is -2.22. The number of rotatable bonds is 6. The molecule has 1 heterocycles. The minimum absolute atomic E-state index is 0.0110. The molecular weight excluding hydrogens is 395 g/mol. The number of amidine groups is 1. The lowest BCUT2D eigenvalue weighted by molar-refractivity contribution is -0.115. The second-order valence-electron chi connectivity index (χ2n) is 7.79. The molecule has 0 saturated carbocycles. The average Bonchev–Trinajstić information content (AvgIpc) is 3.08. The van der Waals surface area contributed by atoms with Crippen LogP contribution in [0, 0.1) is 0 Å². The van der Waals surface area contributed by atoms with Crippen molar-refractivity contribution in [1.82, 2.24) is 0 Å². The molecule has 30 heavy (non-hydrogen) atoms. The van der Waals surface area contributed by atoms with Gasteiger partial charge in [0.1, 0.15) is 19.1 Å². The molecule has 1 amide bonds. The molecule has 0 bridgehead atoms. The first kappa shape index (κ1) is 21.8. The predicted octanol–water partition coefficient (Wildman–Crippen LogP) is 4.30. The molecule has 1 aliphatic heterocycles. The second-order valence-corrected chi connectivity index (χ2v) is 11.0. The number of anilines is 3. The summed E-state index contributed by atoms with van der Waals surface area (Å²) in [6.07, 6.45) is 4.08. The molecule has 1 unspecified atom stereocenters. The molecule has 158 valence electrons. The Morgan fingerprint density at radius 1 is 1.23 bits per heavy atom. The molecule has 1 atom stereocenters. The topological polar surface area (TPSA) is 73.8 Å². The molecule has 7 heteroatoms. The third-order valence-electron chi connectivity index (χ3n) is 5.00. The summed E-state index contributed by atoms with van der Waals surface area (Å²) in [5.41, 5.74) is 3.71. The van der Waals surface area contributed by atoms with Gasteiger partial charge in [0.05, 0.1) is 6.42 Å². The number of amides is 1. The summed E-state index contributed by atoms with van der Waals surface area (Å²) in [7, 11) is -0.320. The Balaban J connectivity index is 1.81. The maximum Gasteiger partial charge on any atom is 0.228 e. The van der Waals surface area contributed by atoms with E-state index in [4.69, 9.17) is 4.99 Å². The van der Waals surface area contributed by atoms with Crippen LogP contribution in [0.15, 0.2) is 59.6 Å². The quantitative estimate of drug-likeness (QED) is 0.412. The lowest BCUT2D eigenvalue weighted by atomic mass is 10.1. The summed E-state index contributed by atoms with van der Waals surface area (Å²) in [5, 5.41) is 7.14. The number of carbonyl (C=O) groups excluding carboxylic acids is 1. The normalized spacial score (nSPS) is 15.1. The maximum atomic E-state index is 12.3. The Kier molecular flexibility index (Phi) is 6.47. The van der Waals surface area contributed by atoms with E-state index in [1.807, 2.05) is 80.4 Å². The molecule has 1 aliphatic rings. The number of hydrogen-bond donors (Lipinski definition) is 2. The van der Waals surface area contributed by atoms with Crippen molar-refractivity contribution in [3.05, 3.63) is 60.2 Å². The van der Waals surface area contributed by atoms with E-state index in [1.165, 1.54) is 0 Å². The Morgan fingerprint density at radius 3 is 2.57 bits per heavy atom. The molecule has 0 aromatic heterocycles. The van der Waals surface area contributed by atoms with Gasteiger partial charge in [-0.15, -0.1) is 0 Å². The van der Waals surface area contributed by atoms with Crippen LogP contribution in [0.4, 0.5) is 17.1 Å². The summed E-state index contributed by atoms with van der Waals surface area (Å²) in [6.45, 7) is 7.48. The summed E-state index contributed by atoms with van der Waals surface area (Å²) in [5.74, 6) is 0.806. The number of fused-ring (bicyclic) bond motifs is 1. The van der Waals surface area contributed by atoms with Crippen LogP contribution in [0.25, 0.3) is 0 Å². The van der Waals surface area contributed by atoms with Crippen LogP contribution >= 0.6 is 7.14 Å². The molecule has 0 aliphatic carbocycles. The lowest BCUT2D eigenvalue weighted by Crippen LogP contribution is -2.28. The van der Waals surface area contributed by atoms with Crippen molar-refractivity contribution in [2.75, 3.05) is 35.9 Å². The third-order valence-corrected chi connectivity index (χ3v) is 6.54. The molecular formula is C23H29N4O2P. The van der Waals surface area contributed by atoms with Gasteiger partial charge in [-0.3, -0.25) is 4.79 Å². The molecule has 0 radical (unpaired) electrons. The molecule has 2 N–H and O–H groups in total. The number of carbonyl (C=O) groups is 1. The van der Waals surface area contributed by atoms with Gasteiger partial charge in [-0.1, -0.05) is 12.1 Å². The van der Waals surface area contributed by atoms with Crippen molar-refractivity contribution in [3.63, 3.8) is 0 Å². The third kappa shape index (κ3) is 5.00. The summed E-state index contributed by atoms with van der Waals surface area (Å²) in [6, 6.07) is 13.6. The van der Waals surface area contributed by atoms with Crippen LogP contribution in [-0.2, 0) is 15.8 Å². The Morgan fingerprint density at radius 2 is 1.93 bits per heavy atom. The molecule has 0 spiro atoms. The number of likely N-dealkylation sites (N-methyl/N-ethyl adjacent to an activating group) is 1. The second kappa shape index (κ2) is 8.88. The average molecular weight is 424 g/mol. The largest absolute Gasteiger partial charge is 0.364 e. The highest BCUT2D eigenvalue weighted by Gasteiger charge is 2.21. The summed E-state index contributed by atoms with van der Waals surface area (Å²) >= 11 is 0. The molecule has 6 nitrogen and oxygen atoms in total. The summed E-state index contributed by atoms with van der Waals surface area (Å²) in [4.78, 5) is 18.6. The van der Waals surface area contributed by atoms with Crippen LogP contribution in [-0.4, -0.2) is 38.3 Å². The fourth-order valence-electron chi connectivity index (χ4n) is 3.40. The van der Waals surface area contributed by atoms with Gasteiger partial charge in [0.15, 0.2) is 0 Å². The first-order valence-corrected chi connectivity index (χ1v) is 12.6. The number of nitrogens with zero attached hydrogens (tertiary/aromatic N) is 2. The highest BCUT2D eigenvalue weighted by molar-refractivity contribution is 7.70. The number of allylic oxidation sites excluding steroid dienone is 1. The van der Waals surface area contributed by atoms with Crippen LogP contribution in [0.1, 0.15) is 19.4 Å². The van der Waals surface area contributed by atoms with Crippen molar-refractivity contribution in [2.45, 2.75) is 26.4 Å². The zero-order valence-electron chi connectivity index (χ0n) is 18.1. The molecule has 0 saturated heterocycles. The van der Waals surface area contributed by atoms with Crippen molar-refractivity contribution >= 4 is 41.3 Å². The van der Waals surface area contributed by atoms with Crippen molar-refractivity contribution in [3.8, 4) is 0 Å². The number of hydrogen-bond acceptors (Lipinski definition) is 4. The van der Waals surface area contributed by atoms with Crippen molar-refractivity contribution in [2.24, 2.45) is 4.99 Å². The van der Waals surface area contributed by atoms with E-state index in [9.17, 15) is 9.36 Å². The predicted molar refractivity (Wildman–Crippen MR) is 128 cm³/mol. The Labute approximate surface area is 178 Å². The van der Waals surface area contributed by atoms with Crippen LogP contribution in [0.2, 0.25) is 0 Å². The van der Waals surface area contributed by atoms with Crippen molar-refractivity contribution < 1.29 is 9.36 Å².